The van der Waals surface area contributed by atoms with Crippen LogP contribution in [0, 0.1) is 5.92 Å². The molecule has 3 atom stereocenters. The Hall–Kier alpha value is -1.39. The van der Waals surface area contributed by atoms with E-state index in [-0.39, 0.29) is 29.6 Å². The van der Waals surface area contributed by atoms with Crippen molar-refractivity contribution in [1.82, 2.24) is 5.32 Å². The molecule has 1 aliphatic heterocycles. The van der Waals surface area contributed by atoms with Gasteiger partial charge in [-0.25, -0.2) is 0 Å². The molecule has 138 valence electrons. The van der Waals surface area contributed by atoms with Gasteiger partial charge in [0.15, 0.2) is 0 Å². The van der Waals surface area contributed by atoms with Crippen LogP contribution in [0.2, 0.25) is 0 Å². The van der Waals surface area contributed by atoms with Gasteiger partial charge in [0, 0.05) is 13.7 Å². The first kappa shape index (κ1) is 18.4. The second-order valence-electron chi connectivity index (χ2n) is 7.78. The Balaban J connectivity index is 1.53. The highest BCUT2D eigenvalue weighted by atomic mass is 16.5. The molecule has 0 spiro atoms. The number of benzene rings is 1. The molecule has 1 saturated carbocycles. The number of amides is 1. The van der Waals surface area contributed by atoms with Crippen LogP contribution >= 0.6 is 0 Å². The van der Waals surface area contributed by atoms with Crippen LogP contribution in [0.5, 0.6) is 0 Å². The lowest BCUT2D eigenvalue weighted by Crippen LogP contribution is -2.48. The van der Waals surface area contributed by atoms with Gasteiger partial charge in [-0.1, -0.05) is 30.3 Å². The zero-order valence-corrected chi connectivity index (χ0v) is 15.7. The molecule has 0 bridgehead atoms. The third-order valence-corrected chi connectivity index (χ3v) is 6.12. The van der Waals surface area contributed by atoms with Crippen LogP contribution in [0.15, 0.2) is 30.3 Å². The van der Waals surface area contributed by atoms with E-state index in [1.165, 1.54) is 5.56 Å². The van der Waals surface area contributed by atoms with E-state index in [4.69, 9.17) is 9.47 Å². The number of nitrogens with one attached hydrogen (secondary N) is 1. The standard InChI is InChI=1S/C21H31NO3/c1-15-13-19(16(2)25-15)20(23)22-14-21(24-3)11-9-18(10-12-21)17-7-5-4-6-8-17/h4-8,15-16,18-19H,9-14H2,1-3H3,(H,22,23). The van der Waals surface area contributed by atoms with E-state index in [2.05, 4.69) is 35.6 Å². The minimum Gasteiger partial charge on any atom is -0.376 e. The summed E-state index contributed by atoms with van der Waals surface area (Å²) in [6, 6.07) is 10.7. The lowest BCUT2D eigenvalue weighted by Gasteiger charge is -2.39. The van der Waals surface area contributed by atoms with Gasteiger partial charge in [0.2, 0.25) is 5.91 Å². The summed E-state index contributed by atoms with van der Waals surface area (Å²) in [6.07, 6.45) is 5.16. The lowest BCUT2D eigenvalue weighted by atomic mass is 9.76. The van der Waals surface area contributed by atoms with Crippen molar-refractivity contribution >= 4 is 5.91 Å². The van der Waals surface area contributed by atoms with Gasteiger partial charge >= 0.3 is 0 Å². The van der Waals surface area contributed by atoms with E-state index >= 15 is 0 Å². The fourth-order valence-electron chi connectivity index (χ4n) is 4.42. The molecular weight excluding hydrogens is 314 g/mol. The summed E-state index contributed by atoms with van der Waals surface area (Å²) in [7, 11) is 1.78. The summed E-state index contributed by atoms with van der Waals surface area (Å²) >= 11 is 0. The van der Waals surface area contributed by atoms with E-state index < -0.39 is 0 Å². The molecule has 3 rings (SSSR count). The van der Waals surface area contributed by atoms with Crippen molar-refractivity contribution in [3.05, 3.63) is 35.9 Å². The Bertz CT molecular complexity index is 566. The predicted molar refractivity (Wildman–Crippen MR) is 98.5 cm³/mol. The van der Waals surface area contributed by atoms with Crippen molar-refractivity contribution in [3.63, 3.8) is 0 Å². The van der Waals surface area contributed by atoms with Gasteiger partial charge in [0.25, 0.3) is 0 Å². The molecular formula is C21H31NO3. The molecule has 0 aromatic heterocycles. The van der Waals surface area contributed by atoms with E-state index in [9.17, 15) is 4.79 Å². The van der Waals surface area contributed by atoms with Gasteiger partial charge in [-0.3, -0.25) is 4.79 Å². The Kier molecular flexibility index (Phi) is 5.80. The van der Waals surface area contributed by atoms with E-state index in [0.29, 0.717) is 12.5 Å². The SMILES string of the molecule is COC1(CNC(=O)C2CC(C)OC2C)CCC(c2ccccc2)CC1. The summed E-state index contributed by atoms with van der Waals surface area (Å²) in [5.41, 5.74) is 1.19. The summed E-state index contributed by atoms with van der Waals surface area (Å²) in [5.74, 6) is 0.673. The highest BCUT2D eigenvalue weighted by molar-refractivity contribution is 5.79. The van der Waals surface area contributed by atoms with Crippen molar-refractivity contribution in [1.29, 1.82) is 0 Å². The summed E-state index contributed by atoms with van der Waals surface area (Å²) < 4.78 is 11.6. The number of methoxy groups -OCH3 is 1. The molecule has 1 amide bonds. The molecule has 1 saturated heterocycles. The zero-order valence-electron chi connectivity index (χ0n) is 15.7. The van der Waals surface area contributed by atoms with Crippen molar-refractivity contribution in [2.45, 2.75) is 69.7 Å². The minimum absolute atomic E-state index is 0.00214. The molecule has 1 heterocycles. The van der Waals surface area contributed by atoms with Crippen LogP contribution in [0.1, 0.15) is 57.4 Å². The largest absolute Gasteiger partial charge is 0.376 e. The molecule has 1 aromatic rings. The lowest BCUT2D eigenvalue weighted by molar-refractivity contribution is -0.128. The average molecular weight is 345 g/mol. The Labute approximate surface area is 151 Å². The molecule has 3 unspecified atom stereocenters. The average Bonchev–Trinajstić information content (AvgIpc) is 2.99. The number of ether oxygens (including phenoxy) is 2. The highest BCUT2D eigenvalue weighted by Crippen LogP contribution is 2.39. The van der Waals surface area contributed by atoms with Crippen molar-refractivity contribution in [2.75, 3.05) is 13.7 Å². The van der Waals surface area contributed by atoms with Crippen LogP contribution in [0.3, 0.4) is 0 Å². The molecule has 0 radical (unpaired) electrons. The number of rotatable bonds is 5. The zero-order chi connectivity index (χ0) is 17.9. The number of carbonyl (C=O) groups excluding carboxylic acids is 1. The first-order valence-corrected chi connectivity index (χ1v) is 9.56. The first-order chi connectivity index (χ1) is 12.0. The monoisotopic (exact) mass is 345 g/mol. The third-order valence-electron chi connectivity index (χ3n) is 6.12. The smallest absolute Gasteiger partial charge is 0.225 e. The fraction of sp³-hybridized carbons (Fsp3) is 0.667. The van der Waals surface area contributed by atoms with Crippen molar-refractivity contribution in [2.24, 2.45) is 5.92 Å². The maximum atomic E-state index is 12.5. The molecule has 25 heavy (non-hydrogen) atoms. The van der Waals surface area contributed by atoms with Gasteiger partial charge in [-0.15, -0.1) is 0 Å². The summed E-state index contributed by atoms with van der Waals surface area (Å²) in [5, 5.41) is 3.15. The Morgan fingerprint density at radius 2 is 1.92 bits per heavy atom. The molecule has 1 N–H and O–H groups in total. The van der Waals surface area contributed by atoms with Crippen LogP contribution in [-0.2, 0) is 14.3 Å². The van der Waals surface area contributed by atoms with Crippen LogP contribution in [-0.4, -0.2) is 37.4 Å². The van der Waals surface area contributed by atoms with E-state index in [1.54, 1.807) is 7.11 Å². The highest BCUT2D eigenvalue weighted by Gasteiger charge is 2.39. The summed E-state index contributed by atoms with van der Waals surface area (Å²) in [4.78, 5) is 12.5. The van der Waals surface area contributed by atoms with E-state index in [1.807, 2.05) is 13.8 Å². The normalized spacial score (nSPS) is 35.5. The number of hydrogen-bond acceptors (Lipinski definition) is 3. The topological polar surface area (TPSA) is 47.6 Å². The fourth-order valence-corrected chi connectivity index (χ4v) is 4.42. The quantitative estimate of drug-likeness (QED) is 0.886. The maximum Gasteiger partial charge on any atom is 0.225 e. The molecule has 1 aromatic carbocycles. The molecule has 2 fully saturated rings. The predicted octanol–water partition coefficient (Wildman–Crippen LogP) is 3.66. The van der Waals surface area contributed by atoms with E-state index in [0.717, 1.165) is 32.1 Å². The van der Waals surface area contributed by atoms with Gasteiger partial charge in [-0.05, 0) is 57.4 Å². The summed E-state index contributed by atoms with van der Waals surface area (Å²) in [6.45, 7) is 4.62. The van der Waals surface area contributed by atoms with Crippen molar-refractivity contribution in [3.8, 4) is 0 Å². The van der Waals surface area contributed by atoms with Crippen LogP contribution in [0.4, 0.5) is 0 Å². The van der Waals surface area contributed by atoms with Gasteiger partial charge in [0.05, 0.1) is 23.7 Å². The third kappa shape index (κ3) is 4.24. The van der Waals surface area contributed by atoms with Crippen LogP contribution < -0.4 is 5.32 Å². The van der Waals surface area contributed by atoms with Crippen LogP contribution in [0.25, 0.3) is 0 Å². The number of carbonyl (C=O) groups is 1. The molecule has 4 nitrogen and oxygen atoms in total. The first-order valence-electron chi connectivity index (χ1n) is 9.56. The molecule has 1 aliphatic carbocycles. The second kappa shape index (κ2) is 7.88. The second-order valence-corrected chi connectivity index (χ2v) is 7.78. The van der Waals surface area contributed by atoms with Gasteiger partial charge in [-0.2, -0.15) is 0 Å². The molecule has 4 heteroatoms. The van der Waals surface area contributed by atoms with Crippen molar-refractivity contribution < 1.29 is 14.3 Å². The Morgan fingerprint density at radius 3 is 2.48 bits per heavy atom. The number of hydrogen-bond donors (Lipinski definition) is 1. The molecule has 2 aliphatic rings. The minimum atomic E-state index is -0.227. The maximum absolute atomic E-state index is 12.5. The Morgan fingerprint density at radius 1 is 1.24 bits per heavy atom. The van der Waals surface area contributed by atoms with Gasteiger partial charge < -0.3 is 14.8 Å². The van der Waals surface area contributed by atoms with Gasteiger partial charge in [0.1, 0.15) is 0 Å².